The average Bonchev–Trinajstić information content (AvgIpc) is 2.37. The molecule has 0 amide bonds. The van der Waals surface area contributed by atoms with E-state index >= 15 is 0 Å². The van der Waals surface area contributed by atoms with Crippen LogP contribution in [0.1, 0.15) is 27.8 Å². The first-order chi connectivity index (χ1) is 9.77. The lowest BCUT2D eigenvalue weighted by atomic mass is 10.00. The van der Waals surface area contributed by atoms with Gasteiger partial charge in [-0.15, -0.1) is 0 Å². The molecule has 2 aromatic rings. The first kappa shape index (κ1) is 15.3. The Morgan fingerprint density at radius 1 is 0.857 bits per heavy atom. The van der Waals surface area contributed by atoms with Gasteiger partial charge in [0.25, 0.3) is 0 Å². The molecular formula is C18H18O2S. The highest BCUT2D eigenvalue weighted by atomic mass is 32.2. The number of sulfone groups is 1. The molecule has 2 aromatic carbocycles. The topological polar surface area (TPSA) is 34.1 Å². The molecule has 0 aromatic heterocycles. The molecule has 0 heterocycles. The van der Waals surface area contributed by atoms with E-state index in [1.165, 1.54) is 11.8 Å². The van der Waals surface area contributed by atoms with Crippen molar-refractivity contribution in [3.05, 3.63) is 64.2 Å². The van der Waals surface area contributed by atoms with Crippen LogP contribution in [0.15, 0.2) is 41.3 Å². The standard InChI is InChI=1S/C18H18O2S/c1-13-11-14(2)18(15(3)12-13)10-7-16-5-8-17(9-6-16)21(4,19)20/h5-6,8-9,11-12H,1-4H3. The molecule has 0 atom stereocenters. The van der Waals surface area contributed by atoms with E-state index in [9.17, 15) is 8.42 Å². The second-order valence-electron chi connectivity index (χ2n) is 5.32. The molecule has 0 aliphatic heterocycles. The molecule has 0 aliphatic carbocycles. The molecule has 0 spiro atoms. The van der Waals surface area contributed by atoms with Crippen molar-refractivity contribution < 1.29 is 8.42 Å². The predicted octanol–water partition coefficient (Wildman–Crippen LogP) is 3.42. The largest absolute Gasteiger partial charge is 0.224 e. The summed E-state index contributed by atoms with van der Waals surface area (Å²) in [6, 6.07) is 10.9. The molecule has 21 heavy (non-hydrogen) atoms. The Kier molecular flexibility index (Phi) is 4.20. The molecule has 2 nitrogen and oxygen atoms in total. The Hall–Kier alpha value is -2.05. The maximum absolute atomic E-state index is 11.4. The Morgan fingerprint density at radius 2 is 1.38 bits per heavy atom. The molecular weight excluding hydrogens is 280 g/mol. The zero-order valence-corrected chi connectivity index (χ0v) is 13.5. The fourth-order valence-electron chi connectivity index (χ4n) is 2.30. The predicted molar refractivity (Wildman–Crippen MR) is 86.2 cm³/mol. The van der Waals surface area contributed by atoms with Crippen LogP contribution < -0.4 is 0 Å². The van der Waals surface area contributed by atoms with Crippen LogP contribution in [-0.4, -0.2) is 14.7 Å². The van der Waals surface area contributed by atoms with Crippen LogP contribution in [0, 0.1) is 32.6 Å². The van der Waals surface area contributed by atoms with Gasteiger partial charge in [-0.05, 0) is 56.2 Å². The molecule has 0 saturated carbocycles. The van der Waals surface area contributed by atoms with E-state index in [0.29, 0.717) is 4.90 Å². The molecule has 0 fully saturated rings. The Labute approximate surface area is 126 Å². The van der Waals surface area contributed by atoms with Crippen LogP contribution in [0.2, 0.25) is 0 Å². The van der Waals surface area contributed by atoms with Crippen molar-refractivity contribution in [3.63, 3.8) is 0 Å². The molecule has 3 heteroatoms. The minimum absolute atomic E-state index is 0.316. The quantitative estimate of drug-likeness (QED) is 0.756. The lowest BCUT2D eigenvalue weighted by Gasteiger charge is -2.04. The summed E-state index contributed by atoms with van der Waals surface area (Å²) in [5.41, 5.74) is 5.39. The molecule has 0 aliphatic rings. The number of rotatable bonds is 1. The molecule has 0 bridgehead atoms. The van der Waals surface area contributed by atoms with Crippen LogP contribution >= 0.6 is 0 Å². The average molecular weight is 298 g/mol. The van der Waals surface area contributed by atoms with Gasteiger partial charge in [0, 0.05) is 17.4 Å². The molecule has 108 valence electrons. The summed E-state index contributed by atoms with van der Waals surface area (Å²) in [5, 5.41) is 0. The second kappa shape index (κ2) is 5.75. The monoisotopic (exact) mass is 298 g/mol. The van der Waals surface area contributed by atoms with Crippen LogP contribution in [-0.2, 0) is 9.84 Å². The van der Waals surface area contributed by atoms with Gasteiger partial charge in [0.05, 0.1) is 4.90 Å². The van der Waals surface area contributed by atoms with Crippen LogP contribution in [0.4, 0.5) is 0 Å². The highest BCUT2D eigenvalue weighted by Crippen LogP contribution is 2.15. The van der Waals surface area contributed by atoms with Gasteiger partial charge in [-0.1, -0.05) is 29.5 Å². The van der Waals surface area contributed by atoms with Gasteiger partial charge in [-0.3, -0.25) is 0 Å². The first-order valence-electron chi connectivity index (χ1n) is 6.67. The summed E-state index contributed by atoms with van der Waals surface area (Å²) in [6.45, 7) is 6.18. The van der Waals surface area contributed by atoms with E-state index in [2.05, 4.69) is 44.7 Å². The summed E-state index contributed by atoms with van der Waals surface area (Å²) >= 11 is 0. The summed E-state index contributed by atoms with van der Waals surface area (Å²) in [4.78, 5) is 0.316. The first-order valence-corrected chi connectivity index (χ1v) is 8.56. The Balaban J connectivity index is 2.36. The minimum Gasteiger partial charge on any atom is -0.224 e. The molecule has 0 unspecified atom stereocenters. The van der Waals surface area contributed by atoms with E-state index in [1.807, 2.05) is 0 Å². The van der Waals surface area contributed by atoms with Gasteiger partial charge in [0.2, 0.25) is 0 Å². The van der Waals surface area contributed by atoms with Gasteiger partial charge >= 0.3 is 0 Å². The van der Waals surface area contributed by atoms with Crippen molar-refractivity contribution in [3.8, 4) is 11.8 Å². The van der Waals surface area contributed by atoms with Crippen molar-refractivity contribution in [2.24, 2.45) is 0 Å². The van der Waals surface area contributed by atoms with Crippen molar-refractivity contribution in [2.45, 2.75) is 25.7 Å². The molecule has 0 saturated heterocycles. The SMILES string of the molecule is Cc1cc(C)c(C#Cc2ccc(S(C)(=O)=O)cc2)c(C)c1. The van der Waals surface area contributed by atoms with Gasteiger partial charge in [-0.25, -0.2) is 8.42 Å². The van der Waals surface area contributed by atoms with E-state index in [4.69, 9.17) is 0 Å². The lowest BCUT2D eigenvalue weighted by molar-refractivity contribution is 0.602. The number of benzene rings is 2. The van der Waals surface area contributed by atoms with Crippen LogP contribution in [0.25, 0.3) is 0 Å². The highest BCUT2D eigenvalue weighted by molar-refractivity contribution is 7.90. The van der Waals surface area contributed by atoms with Crippen molar-refractivity contribution in [1.82, 2.24) is 0 Å². The second-order valence-corrected chi connectivity index (χ2v) is 7.34. The van der Waals surface area contributed by atoms with Gasteiger partial charge < -0.3 is 0 Å². The molecule has 0 radical (unpaired) electrons. The van der Waals surface area contributed by atoms with Gasteiger partial charge in [-0.2, -0.15) is 0 Å². The van der Waals surface area contributed by atoms with E-state index in [-0.39, 0.29) is 0 Å². The van der Waals surface area contributed by atoms with E-state index < -0.39 is 9.84 Å². The maximum Gasteiger partial charge on any atom is 0.175 e. The van der Waals surface area contributed by atoms with Gasteiger partial charge in [0.1, 0.15) is 0 Å². The highest BCUT2D eigenvalue weighted by Gasteiger charge is 2.05. The number of hydrogen-bond acceptors (Lipinski definition) is 2. The van der Waals surface area contributed by atoms with E-state index in [1.54, 1.807) is 24.3 Å². The zero-order chi connectivity index (χ0) is 15.6. The molecule has 0 N–H and O–H groups in total. The number of hydrogen-bond donors (Lipinski definition) is 0. The minimum atomic E-state index is -3.15. The lowest BCUT2D eigenvalue weighted by Crippen LogP contribution is -1.96. The summed E-state index contributed by atoms with van der Waals surface area (Å²) in [7, 11) is -3.15. The third-order valence-electron chi connectivity index (χ3n) is 3.29. The summed E-state index contributed by atoms with van der Waals surface area (Å²) in [5.74, 6) is 6.28. The van der Waals surface area contributed by atoms with Crippen molar-refractivity contribution in [1.29, 1.82) is 0 Å². The smallest absolute Gasteiger partial charge is 0.175 e. The maximum atomic E-state index is 11.4. The van der Waals surface area contributed by atoms with Crippen LogP contribution in [0.3, 0.4) is 0 Å². The fourth-order valence-corrected chi connectivity index (χ4v) is 2.93. The fraction of sp³-hybridized carbons (Fsp3) is 0.222. The zero-order valence-electron chi connectivity index (χ0n) is 12.7. The van der Waals surface area contributed by atoms with Crippen molar-refractivity contribution >= 4 is 9.84 Å². The Morgan fingerprint density at radius 3 is 1.86 bits per heavy atom. The van der Waals surface area contributed by atoms with Crippen LogP contribution in [0.5, 0.6) is 0 Å². The van der Waals surface area contributed by atoms with Gasteiger partial charge in [0.15, 0.2) is 9.84 Å². The normalized spacial score (nSPS) is 10.9. The molecule has 2 rings (SSSR count). The summed E-state index contributed by atoms with van der Waals surface area (Å²) in [6.07, 6.45) is 1.20. The number of aryl methyl sites for hydroxylation is 3. The summed E-state index contributed by atoms with van der Waals surface area (Å²) < 4.78 is 22.8. The third-order valence-corrected chi connectivity index (χ3v) is 4.42. The van der Waals surface area contributed by atoms with Crippen molar-refractivity contribution in [2.75, 3.05) is 6.26 Å². The van der Waals surface area contributed by atoms with E-state index in [0.717, 1.165) is 22.3 Å². The third kappa shape index (κ3) is 3.74. The Bertz CT molecular complexity index is 810.